The monoisotopic (exact) mass is 187 g/mol. The average Bonchev–Trinajstić information content (AvgIpc) is 2.77. The van der Waals surface area contributed by atoms with Gasteiger partial charge in [0.05, 0.1) is 12.9 Å². The van der Waals surface area contributed by atoms with Crippen LogP contribution in [0.1, 0.15) is 5.56 Å². The van der Waals surface area contributed by atoms with Gasteiger partial charge in [0.25, 0.3) is 5.91 Å². The third-order valence-electron chi connectivity index (χ3n) is 2.75. The largest absolute Gasteiger partial charge is 0.357 e. The van der Waals surface area contributed by atoms with Crippen LogP contribution in [0.5, 0.6) is 0 Å². The first-order valence-corrected chi connectivity index (χ1v) is 4.50. The molecule has 0 saturated heterocycles. The van der Waals surface area contributed by atoms with E-state index in [-0.39, 0.29) is 5.91 Å². The van der Waals surface area contributed by atoms with E-state index in [0.29, 0.717) is 6.54 Å². The van der Waals surface area contributed by atoms with E-state index < -0.39 is 5.54 Å². The van der Waals surface area contributed by atoms with Crippen LogP contribution in [-0.2, 0) is 10.3 Å². The maximum absolute atomic E-state index is 11.8. The second-order valence-corrected chi connectivity index (χ2v) is 3.52. The molecule has 0 radical (unpaired) electrons. The Bertz CT molecular complexity index is 431. The van der Waals surface area contributed by atoms with E-state index in [0.717, 1.165) is 11.3 Å². The van der Waals surface area contributed by atoms with Crippen molar-refractivity contribution < 1.29 is 4.79 Å². The van der Waals surface area contributed by atoms with E-state index in [4.69, 9.17) is 0 Å². The Labute approximate surface area is 81.0 Å². The molecule has 1 amide bonds. The van der Waals surface area contributed by atoms with Crippen molar-refractivity contribution in [3.8, 4) is 0 Å². The van der Waals surface area contributed by atoms with Crippen LogP contribution in [0.4, 0.5) is 5.69 Å². The van der Waals surface area contributed by atoms with Gasteiger partial charge in [-0.25, -0.2) is 0 Å². The first-order valence-electron chi connectivity index (χ1n) is 4.50. The first-order chi connectivity index (χ1) is 6.83. The number of amides is 1. The van der Waals surface area contributed by atoms with Crippen molar-refractivity contribution in [3.05, 3.63) is 29.8 Å². The summed E-state index contributed by atoms with van der Waals surface area (Å²) >= 11 is 0. The number of aliphatic imine (C=N–C) groups is 1. The minimum Gasteiger partial charge on any atom is -0.357 e. The maximum atomic E-state index is 11.8. The van der Waals surface area contributed by atoms with Crippen LogP contribution in [0.2, 0.25) is 0 Å². The smallest absolute Gasteiger partial charge is 0.256 e. The number of para-hydroxylation sites is 1. The molecule has 0 aromatic heterocycles. The molecule has 4 heteroatoms. The fraction of sp³-hybridized carbons (Fsp3) is 0.200. The van der Waals surface area contributed by atoms with Gasteiger partial charge >= 0.3 is 0 Å². The lowest BCUT2D eigenvalue weighted by molar-refractivity contribution is -0.120. The number of hydrogen-bond acceptors (Lipinski definition) is 3. The number of carbonyl (C=O) groups is 1. The summed E-state index contributed by atoms with van der Waals surface area (Å²) in [5.41, 5.74) is 1.23. The van der Waals surface area contributed by atoms with Gasteiger partial charge in [0.15, 0.2) is 5.54 Å². The Morgan fingerprint density at radius 2 is 2.21 bits per heavy atom. The minimum absolute atomic E-state index is 0.0174. The third-order valence-corrected chi connectivity index (χ3v) is 2.75. The van der Waals surface area contributed by atoms with E-state index in [1.807, 2.05) is 24.3 Å². The van der Waals surface area contributed by atoms with Crippen molar-refractivity contribution >= 4 is 17.9 Å². The molecule has 1 atom stereocenters. The Balaban J connectivity index is 2.19. The van der Waals surface area contributed by atoms with Gasteiger partial charge in [-0.15, -0.1) is 0 Å². The molecule has 1 aromatic carbocycles. The van der Waals surface area contributed by atoms with Crippen molar-refractivity contribution in [1.82, 2.24) is 5.32 Å². The molecule has 2 aliphatic rings. The molecule has 1 spiro atoms. The van der Waals surface area contributed by atoms with Gasteiger partial charge in [-0.2, -0.15) is 0 Å². The molecule has 2 N–H and O–H groups in total. The van der Waals surface area contributed by atoms with E-state index in [1.165, 1.54) is 0 Å². The highest BCUT2D eigenvalue weighted by atomic mass is 16.2. The van der Waals surface area contributed by atoms with Gasteiger partial charge in [-0.1, -0.05) is 18.2 Å². The van der Waals surface area contributed by atoms with Crippen molar-refractivity contribution in [2.75, 3.05) is 11.9 Å². The van der Waals surface area contributed by atoms with Crippen molar-refractivity contribution in [1.29, 1.82) is 0 Å². The summed E-state index contributed by atoms with van der Waals surface area (Å²) in [6.07, 6.45) is 1.60. The lowest BCUT2D eigenvalue weighted by Crippen LogP contribution is -2.46. The third kappa shape index (κ3) is 0.731. The normalized spacial score (nSPS) is 27.6. The summed E-state index contributed by atoms with van der Waals surface area (Å²) in [4.78, 5) is 15.9. The van der Waals surface area contributed by atoms with Gasteiger partial charge in [0, 0.05) is 11.3 Å². The predicted octanol–water partition coefficient (Wildman–Crippen LogP) is 0.465. The summed E-state index contributed by atoms with van der Waals surface area (Å²) < 4.78 is 0. The predicted molar refractivity (Wildman–Crippen MR) is 53.2 cm³/mol. The quantitative estimate of drug-likeness (QED) is 0.620. The zero-order valence-electron chi connectivity index (χ0n) is 7.45. The molecule has 1 aromatic rings. The van der Waals surface area contributed by atoms with Gasteiger partial charge in [0.1, 0.15) is 0 Å². The van der Waals surface area contributed by atoms with E-state index in [1.54, 1.807) is 6.34 Å². The number of hydrogen-bond donors (Lipinski definition) is 2. The van der Waals surface area contributed by atoms with Crippen molar-refractivity contribution in [2.45, 2.75) is 5.54 Å². The number of nitrogens with zero attached hydrogens (tertiary/aromatic N) is 1. The molecule has 0 bridgehead atoms. The fourth-order valence-corrected chi connectivity index (χ4v) is 2.00. The van der Waals surface area contributed by atoms with Gasteiger partial charge in [-0.3, -0.25) is 9.79 Å². The first kappa shape index (κ1) is 7.55. The zero-order chi connectivity index (χ0) is 9.60. The van der Waals surface area contributed by atoms with Crippen LogP contribution in [0.3, 0.4) is 0 Å². The number of benzene rings is 1. The Morgan fingerprint density at radius 1 is 1.36 bits per heavy atom. The van der Waals surface area contributed by atoms with Crippen molar-refractivity contribution in [2.24, 2.45) is 4.99 Å². The fourth-order valence-electron chi connectivity index (χ4n) is 2.00. The highest BCUT2D eigenvalue weighted by Gasteiger charge is 2.47. The lowest BCUT2D eigenvalue weighted by Gasteiger charge is -2.20. The summed E-state index contributed by atoms with van der Waals surface area (Å²) in [7, 11) is 0. The number of fused-ring (bicyclic) bond motifs is 2. The molecule has 70 valence electrons. The average molecular weight is 187 g/mol. The molecule has 3 rings (SSSR count). The zero-order valence-corrected chi connectivity index (χ0v) is 7.45. The second kappa shape index (κ2) is 2.35. The van der Waals surface area contributed by atoms with Gasteiger partial charge in [0.2, 0.25) is 0 Å². The van der Waals surface area contributed by atoms with Crippen LogP contribution in [0.15, 0.2) is 29.3 Å². The van der Waals surface area contributed by atoms with Crippen LogP contribution >= 0.6 is 0 Å². The molecule has 0 aliphatic carbocycles. The topological polar surface area (TPSA) is 53.5 Å². The highest BCUT2D eigenvalue weighted by molar-refractivity contribution is 6.07. The lowest BCUT2D eigenvalue weighted by atomic mass is 9.92. The molecular formula is C10H9N3O. The van der Waals surface area contributed by atoms with E-state index >= 15 is 0 Å². The maximum Gasteiger partial charge on any atom is 0.256 e. The van der Waals surface area contributed by atoms with E-state index in [9.17, 15) is 4.79 Å². The van der Waals surface area contributed by atoms with Crippen LogP contribution in [0.25, 0.3) is 0 Å². The number of nitrogens with one attached hydrogen (secondary N) is 2. The number of anilines is 1. The summed E-state index contributed by atoms with van der Waals surface area (Å²) in [6.45, 7) is 0.482. The number of rotatable bonds is 0. The van der Waals surface area contributed by atoms with Crippen LogP contribution < -0.4 is 10.6 Å². The van der Waals surface area contributed by atoms with Crippen molar-refractivity contribution in [3.63, 3.8) is 0 Å². The summed E-state index contributed by atoms with van der Waals surface area (Å²) in [5.74, 6) is -0.0174. The molecule has 4 nitrogen and oxygen atoms in total. The Hall–Kier alpha value is -1.84. The SMILES string of the molecule is O=C1Nc2ccccc2C12CN=CN2. The minimum atomic E-state index is -0.642. The number of carbonyl (C=O) groups excluding carboxylic acids is 1. The van der Waals surface area contributed by atoms with Gasteiger partial charge < -0.3 is 10.6 Å². The second-order valence-electron chi connectivity index (χ2n) is 3.52. The molecule has 14 heavy (non-hydrogen) atoms. The van der Waals surface area contributed by atoms with Crippen LogP contribution in [-0.4, -0.2) is 18.8 Å². The molecule has 1 unspecified atom stereocenters. The Morgan fingerprint density at radius 3 is 3.00 bits per heavy atom. The molecular weight excluding hydrogens is 178 g/mol. The molecule has 0 fully saturated rings. The van der Waals surface area contributed by atoms with Crippen LogP contribution in [0, 0.1) is 0 Å². The van der Waals surface area contributed by atoms with Gasteiger partial charge in [-0.05, 0) is 6.07 Å². The summed E-state index contributed by atoms with van der Waals surface area (Å²) in [5, 5.41) is 5.88. The molecule has 0 saturated carbocycles. The summed E-state index contributed by atoms with van der Waals surface area (Å²) in [6, 6.07) is 7.70. The highest BCUT2D eigenvalue weighted by Crippen LogP contribution is 2.36. The Kier molecular flexibility index (Phi) is 1.27. The van der Waals surface area contributed by atoms with E-state index in [2.05, 4.69) is 15.6 Å². The standard InChI is InChI=1S/C10H9N3O/c14-9-10(5-11-6-12-10)7-3-1-2-4-8(7)13-9/h1-4,6H,5H2,(H,11,12)(H,13,14). The molecule has 2 heterocycles. The molecule has 2 aliphatic heterocycles.